The number of anilines is 3. The van der Waals surface area contributed by atoms with Crippen LogP contribution in [0, 0.1) is 5.82 Å². The van der Waals surface area contributed by atoms with Gasteiger partial charge in [0.1, 0.15) is 6.17 Å². The van der Waals surface area contributed by atoms with E-state index in [9.17, 15) is 31.1 Å². The van der Waals surface area contributed by atoms with Crippen LogP contribution in [0.4, 0.5) is 43.4 Å². The van der Waals surface area contributed by atoms with Crippen LogP contribution in [-0.2, 0) is 17.5 Å². The highest BCUT2D eigenvalue weighted by Gasteiger charge is 2.30. The third-order valence-electron chi connectivity index (χ3n) is 5.35. The molecule has 1 amide bonds. The van der Waals surface area contributed by atoms with E-state index >= 15 is 0 Å². The molecule has 2 aromatic rings. The predicted molar refractivity (Wildman–Crippen MR) is 121 cm³/mol. The molecule has 0 radical (unpaired) electrons. The van der Waals surface area contributed by atoms with Crippen LogP contribution in [0.25, 0.3) is 0 Å². The summed E-state index contributed by atoms with van der Waals surface area (Å²) in [7, 11) is 0. The first kappa shape index (κ1) is 27.3. The zero-order chi connectivity index (χ0) is 25.3. The lowest BCUT2D eigenvalue weighted by Gasteiger charge is -2.16. The van der Waals surface area contributed by atoms with Crippen LogP contribution in [0.1, 0.15) is 56.6 Å². The molecule has 0 heterocycles. The van der Waals surface area contributed by atoms with Crippen molar-refractivity contribution >= 4 is 23.0 Å². The van der Waals surface area contributed by atoms with E-state index in [0.29, 0.717) is 12.0 Å². The highest BCUT2D eigenvalue weighted by atomic mass is 19.4. The molecule has 2 rings (SSSR count). The Morgan fingerprint density at radius 3 is 2.21 bits per heavy atom. The lowest BCUT2D eigenvalue weighted by atomic mass is 10.1. The van der Waals surface area contributed by atoms with Crippen molar-refractivity contribution in [2.75, 3.05) is 16.4 Å². The van der Waals surface area contributed by atoms with Crippen molar-refractivity contribution in [3.05, 3.63) is 53.3 Å². The van der Waals surface area contributed by atoms with Crippen molar-refractivity contribution < 1.29 is 31.1 Å². The number of hydrogen-bond acceptors (Lipinski definition) is 3. The minimum absolute atomic E-state index is 0.00848. The van der Waals surface area contributed by atoms with Crippen LogP contribution in [-0.4, -0.2) is 18.3 Å². The first-order chi connectivity index (χ1) is 16.0. The predicted octanol–water partition coefficient (Wildman–Crippen LogP) is 7.01. The SMILES string of the molecule is CCCCCCC[C@@H](F)[C@H](F)C(=O)Nc1ccc(NCc2ccc(C(F)(F)F)cc2)c(F)c1N. The summed E-state index contributed by atoms with van der Waals surface area (Å²) in [6, 6.07) is 6.80. The lowest BCUT2D eigenvalue weighted by molar-refractivity contribution is -0.137. The summed E-state index contributed by atoms with van der Waals surface area (Å²) < 4.78 is 80.7. The van der Waals surface area contributed by atoms with Gasteiger partial charge in [-0.15, -0.1) is 0 Å². The molecule has 0 unspecified atom stereocenters. The second-order valence-electron chi connectivity index (χ2n) is 8.05. The van der Waals surface area contributed by atoms with Gasteiger partial charge in [0.25, 0.3) is 5.91 Å². The Hall–Kier alpha value is -2.91. The number of amides is 1. The van der Waals surface area contributed by atoms with Gasteiger partial charge in [-0.25, -0.2) is 13.2 Å². The quantitative estimate of drug-likeness (QED) is 0.171. The van der Waals surface area contributed by atoms with Crippen LogP contribution in [0.3, 0.4) is 0 Å². The summed E-state index contributed by atoms with van der Waals surface area (Å²) in [6.45, 7) is 2.05. The molecule has 4 N–H and O–H groups in total. The molecule has 10 heteroatoms. The monoisotopic (exact) mass is 489 g/mol. The molecule has 0 aliphatic carbocycles. The van der Waals surface area contributed by atoms with Crippen molar-refractivity contribution in [3.8, 4) is 0 Å². The zero-order valence-electron chi connectivity index (χ0n) is 18.8. The lowest BCUT2D eigenvalue weighted by Crippen LogP contribution is -2.32. The molecule has 0 aliphatic rings. The number of halogens is 6. The fraction of sp³-hybridized carbons (Fsp3) is 0.458. The smallest absolute Gasteiger partial charge is 0.395 e. The van der Waals surface area contributed by atoms with Gasteiger partial charge in [-0.3, -0.25) is 4.79 Å². The number of carbonyl (C=O) groups is 1. The van der Waals surface area contributed by atoms with Crippen LogP contribution in [0.15, 0.2) is 36.4 Å². The highest BCUT2D eigenvalue weighted by molar-refractivity contribution is 5.97. The van der Waals surface area contributed by atoms with E-state index in [1.165, 1.54) is 24.3 Å². The zero-order valence-corrected chi connectivity index (χ0v) is 18.8. The average Bonchev–Trinajstić information content (AvgIpc) is 2.80. The van der Waals surface area contributed by atoms with Crippen molar-refractivity contribution in [1.29, 1.82) is 0 Å². The van der Waals surface area contributed by atoms with Gasteiger partial charge in [0.2, 0.25) is 6.17 Å². The van der Waals surface area contributed by atoms with E-state index in [1.54, 1.807) is 0 Å². The van der Waals surface area contributed by atoms with E-state index in [1.807, 2.05) is 6.92 Å². The number of alkyl halides is 5. The number of benzene rings is 2. The summed E-state index contributed by atoms with van der Waals surface area (Å²) >= 11 is 0. The van der Waals surface area contributed by atoms with Gasteiger partial charge in [0, 0.05) is 6.54 Å². The number of rotatable bonds is 12. The third-order valence-corrected chi connectivity index (χ3v) is 5.35. The molecule has 0 saturated heterocycles. The largest absolute Gasteiger partial charge is 0.416 e. The number of nitrogens with one attached hydrogen (secondary N) is 2. The van der Waals surface area contributed by atoms with Crippen molar-refractivity contribution in [2.24, 2.45) is 0 Å². The maximum atomic E-state index is 14.6. The molecule has 0 fully saturated rings. The Kier molecular flexibility index (Phi) is 10.1. The first-order valence-electron chi connectivity index (χ1n) is 11.1. The molecule has 4 nitrogen and oxygen atoms in total. The summed E-state index contributed by atoms with van der Waals surface area (Å²) in [5.41, 5.74) is 4.61. The normalized spacial score (nSPS) is 13.4. The van der Waals surface area contributed by atoms with E-state index in [4.69, 9.17) is 5.73 Å². The van der Waals surface area contributed by atoms with Gasteiger partial charge in [-0.2, -0.15) is 13.2 Å². The number of nitrogens with two attached hydrogens (primary N) is 1. The molecule has 188 valence electrons. The van der Waals surface area contributed by atoms with Crippen LogP contribution in [0.5, 0.6) is 0 Å². The molecule has 0 bridgehead atoms. The average molecular weight is 490 g/mol. The molecular formula is C24H29F6N3O. The van der Waals surface area contributed by atoms with Gasteiger partial charge >= 0.3 is 6.18 Å². The van der Waals surface area contributed by atoms with Crippen LogP contribution < -0.4 is 16.4 Å². The maximum Gasteiger partial charge on any atom is 0.416 e. The minimum atomic E-state index is -4.46. The second kappa shape index (κ2) is 12.5. The van der Waals surface area contributed by atoms with Gasteiger partial charge in [0.05, 0.1) is 22.6 Å². The topological polar surface area (TPSA) is 67.2 Å². The third kappa shape index (κ3) is 7.85. The van der Waals surface area contributed by atoms with Crippen LogP contribution >= 0.6 is 0 Å². The summed E-state index contributed by atoms with van der Waals surface area (Å²) in [5, 5.41) is 4.81. The summed E-state index contributed by atoms with van der Waals surface area (Å²) in [4.78, 5) is 12.0. The van der Waals surface area contributed by atoms with Gasteiger partial charge in [0.15, 0.2) is 5.82 Å². The van der Waals surface area contributed by atoms with E-state index in [0.717, 1.165) is 37.8 Å². The molecule has 34 heavy (non-hydrogen) atoms. The first-order valence-corrected chi connectivity index (χ1v) is 11.1. The molecular weight excluding hydrogens is 460 g/mol. The van der Waals surface area contributed by atoms with Crippen molar-refractivity contribution in [3.63, 3.8) is 0 Å². The molecule has 0 aromatic heterocycles. The number of carbonyl (C=O) groups excluding carboxylic acids is 1. The van der Waals surface area contributed by atoms with Crippen molar-refractivity contribution in [2.45, 2.75) is 70.5 Å². The van der Waals surface area contributed by atoms with Crippen molar-refractivity contribution in [1.82, 2.24) is 0 Å². The number of hydrogen-bond donors (Lipinski definition) is 3. The summed E-state index contributed by atoms with van der Waals surface area (Å²) in [5.74, 6) is -2.19. The standard InChI is InChI=1S/C24H29F6N3O/c1-2-3-4-5-6-7-17(25)20(26)23(34)33-19-13-12-18(21(27)22(19)31)32-14-15-8-10-16(11-9-15)24(28,29)30/h8-13,17,20,32H,2-7,14,31H2,1H3,(H,33,34)/t17-,20+/m1/s1. The molecule has 0 saturated carbocycles. The molecule has 2 atom stereocenters. The Labute approximate surface area is 194 Å². The number of unbranched alkanes of at least 4 members (excludes halogenated alkanes) is 4. The van der Waals surface area contributed by atoms with Gasteiger partial charge in [-0.05, 0) is 36.2 Å². The minimum Gasteiger partial charge on any atom is -0.395 e. The second-order valence-corrected chi connectivity index (χ2v) is 8.05. The van der Waals surface area contributed by atoms with Gasteiger partial charge in [-0.1, -0.05) is 51.2 Å². The fourth-order valence-corrected chi connectivity index (χ4v) is 3.30. The summed E-state index contributed by atoms with van der Waals surface area (Å²) in [6.07, 6.45) is -4.76. The van der Waals surface area contributed by atoms with E-state index in [2.05, 4.69) is 10.6 Å². The highest BCUT2D eigenvalue weighted by Crippen LogP contribution is 2.31. The number of nitrogen functional groups attached to an aromatic ring is 1. The van der Waals surface area contributed by atoms with E-state index < -0.39 is 41.5 Å². The molecule has 2 aromatic carbocycles. The Morgan fingerprint density at radius 2 is 1.59 bits per heavy atom. The molecule has 0 aliphatic heterocycles. The Bertz CT molecular complexity index is 934. The molecule has 0 spiro atoms. The van der Waals surface area contributed by atoms with Crippen LogP contribution in [0.2, 0.25) is 0 Å². The Morgan fingerprint density at radius 1 is 0.971 bits per heavy atom. The maximum absolute atomic E-state index is 14.6. The van der Waals surface area contributed by atoms with Gasteiger partial charge < -0.3 is 16.4 Å². The Balaban J connectivity index is 1.93. The fourth-order valence-electron chi connectivity index (χ4n) is 3.30. The van der Waals surface area contributed by atoms with E-state index in [-0.39, 0.29) is 24.3 Å².